The predicted octanol–water partition coefficient (Wildman–Crippen LogP) is 3.71. The molecule has 1 atom stereocenters. The zero-order valence-electron chi connectivity index (χ0n) is 17.8. The third-order valence-corrected chi connectivity index (χ3v) is 7.27. The number of anilines is 2. The second-order valence-electron chi connectivity index (χ2n) is 7.80. The Bertz CT molecular complexity index is 1300. The molecule has 0 radical (unpaired) electrons. The molecular weight excluding hydrogens is 445 g/mol. The minimum atomic E-state index is -3.72. The molecule has 0 saturated carbocycles. The van der Waals surface area contributed by atoms with Crippen molar-refractivity contribution < 1.29 is 22.4 Å². The highest BCUT2D eigenvalue weighted by Crippen LogP contribution is 2.33. The van der Waals surface area contributed by atoms with E-state index in [9.17, 15) is 22.4 Å². The second kappa shape index (κ2) is 9.13. The summed E-state index contributed by atoms with van der Waals surface area (Å²) in [6.07, 6.45) is -0.0682. The molecule has 0 fully saturated rings. The lowest BCUT2D eigenvalue weighted by molar-refractivity contribution is -0.123. The molecular formula is C24H22FN3O4S. The monoisotopic (exact) mass is 467 g/mol. The van der Waals surface area contributed by atoms with E-state index >= 15 is 0 Å². The van der Waals surface area contributed by atoms with Crippen molar-refractivity contribution in [2.75, 3.05) is 17.7 Å². The molecule has 0 aliphatic carbocycles. The zero-order valence-corrected chi connectivity index (χ0v) is 18.6. The molecule has 0 aromatic heterocycles. The fourth-order valence-corrected chi connectivity index (χ4v) is 4.88. The molecule has 2 amide bonds. The van der Waals surface area contributed by atoms with Gasteiger partial charge in [-0.1, -0.05) is 36.4 Å². The molecule has 3 aromatic carbocycles. The first-order chi connectivity index (χ1) is 15.7. The lowest BCUT2D eigenvalue weighted by Gasteiger charge is -2.25. The summed E-state index contributed by atoms with van der Waals surface area (Å²) < 4.78 is 40.5. The van der Waals surface area contributed by atoms with Crippen molar-refractivity contribution in [2.45, 2.75) is 23.8 Å². The van der Waals surface area contributed by atoms with Crippen molar-refractivity contribution in [3.63, 3.8) is 0 Å². The average molecular weight is 468 g/mol. The molecule has 2 N–H and O–H groups in total. The number of sulfonamides is 1. The molecule has 0 bridgehead atoms. The van der Waals surface area contributed by atoms with Crippen LogP contribution in [-0.4, -0.2) is 31.6 Å². The van der Waals surface area contributed by atoms with E-state index in [1.165, 1.54) is 53.8 Å². The summed E-state index contributed by atoms with van der Waals surface area (Å²) in [6, 6.07) is 19.0. The highest BCUT2D eigenvalue weighted by atomic mass is 32.2. The highest BCUT2D eigenvalue weighted by Gasteiger charge is 2.31. The highest BCUT2D eigenvalue weighted by molar-refractivity contribution is 7.89. The Balaban J connectivity index is 1.48. The molecule has 9 heteroatoms. The molecule has 0 unspecified atom stereocenters. The van der Waals surface area contributed by atoms with Crippen LogP contribution < -0.4 is 10.6 Å². The van der Waals surface area contributed by atoms with Crippen molar-refractivity contribution >= 4 is 33.2 Å². The first kappa shape index (κ1) is 22.6. The number of halogens is 1. The lowest BCUT2D eigenvalue weighted by atomic mass is 9.89. The quantitative estimate of drug-likeness (QED) is 0.578. The number of benzene rings is 3. The molecule has 1 aliphatic rings. The number of carbonyl (C=O) groups excluding carboxylic acids is 2. The maximum Gasteiger partial charge on any atom is 0.243 e. The third kappa shape index (κ3) is 4.94. The van der Waals surface area contributed by atoms with E-state index < -0.39 is 27.7 Å². The van der Waals surface area contributed by atoms with Crippen LogP contribution in [0.25, 0.3) is 0 Å². The Hall–Kier alpha value is -3.56. The molecule has 4 rings (SSSR count). The molecule has 1 aliphatic heterocycles. The first-order valence-corrected chi connectivity index (χ1v) is 11.7. The van der Waals surface area contributed by atoms with Crippen LogP contribution in [0.1, 0.15) is 23.5 Å². The maximum absolute atomic E-state index is 13.5. The number of amides is 2. The summed E-state index contributed by atoms with van der Waals surface area (Å²) in [5, 5.41) is 5.29. The Morgan fingerprint density at radius 3 is 2.48 bits per heavy atom. The van der Waals surface area contributed by atoms with Crippen LogP contribution in [0.4, 0.5) is 15.8 Å². The average Bonchev–Trinajstić information content (AvgIpc) is 2.79. The van der Waals surface area contributed by atoms with Gasteiger partial charge in [0.1, 0.15) is 5.82 Å². The Kier molecular flexibility index (Phi) is 6.26. The van der Waals surface area contributed by atoms with Gasteiger partial charge in [-0.05, 0) is 47.5 Å². The van der Waals surface area contributed by atoms with E-state index in [0.29, 0.717) is 11.3 Å². The fourth-order valence-electron chi connectivity index (χ4n) is 3.72. The number of nitrogens with zero attached hydrogens (tertiary/aromatic N) is 1. The zero-order chi connectivity index (χ0) is 23.6. The summed E-state index contributed by atoms with van der Waals surface area (Å²) in [6.45, 7) is 0.228. The molecule has 0 saturated heterocycles. The van der Waals surface area contributed by atoms with Gasteiger partial charge in [-0.2, -0.15) is 4.31 Å². The summed E-state index contributed by atoms with van der Waals surface area (Å²) >= 11 is 0. The van der Waals surface area contributed by atoms with E-state index in [1.807, 2.05) is 30.3 Å². The van der Waals surface area contributed by atoms with Gasteiger partial charge in [0.2, 0.25) is 21.8 Å². The van der Waals surface area contributed by atoms with E-state index in [2.05, 4.69) is 10.6 Å². The van der Waals surface area contributed by atoms with E-state index in [1.54, 1.807) is 0 Å². The van der Waals surface area contributed by atoms with Gasteiger partial charge in [0, 0.05) is 31.4 Å². The smallest absolute Gasteiger partial charge is 0.243 e. The largest absolute Gasteiger partial charge is 0.326 e. The van der Waals surface area contributed by atoms with Crippen molar-refractivity contribution in [3.05, 3.63) is 89.7 Å². The van der Waals surface area contributed by atoms with Gasteiger partial charge in [-0.3, -0.25) is 9.59 Å². The summed E-state index contributed by atoms with van der Waals surface area (Å²) in [5.74, 6) is -2.11. The van der Waals surface area contributed by atoms with Crippen molar-refractivity contribution in [3.8, 4) is 0 Å². The molecule has 170 valence electrons. The number of hydrogen-bond acceptors (Lipinski definition) is 4. The number of rotatable bonds is 6. The Morgan fingerprint density at radius 2 is 1.79 bits per heavy atom. The van der Waals surface area contributed by atoms with Gasteiger partial charge in [0.15, 0.2) is 0 Å². The number of fused-ring (bicyclic) bond motifs is 1. The van der Waals surface area contributed by atoms with Crippen molar-refractivity contribution in [1.82, 2.24) is 4.31 Å². The van der Waals surface area contributed by atoms with Gasteiger partial charge in [0.25, 0.3) is 0 Å². The first-order valence-electron chi connectivity index (χ1n) is 10.2. The molecule has 33 heavy (non-hydrogen) atoms. The van der Waals surface area contributed by atoms with Crippen LogP contribution in [0.15, 0.2) is 77.7 Å². The van der Waals surface area contributed by atoms with Crippen LogP contribution >= 0.6 is 0 Å². The number of nitrogens with one attached hydrogen (secondary N) is 2. The van der Waals surface area contributed by atoms with E-state index in [4.69, 9.17) is 0 Å². The summed E-state index contributed by atoms with van der Waals surface area (Å²) in [5.41, 5.74) is 2.05. The molecule has 0 spiro atoms. The van der Waals surface area contributed by atoms with Gasteiger partial charge in [-0.15, -0.1) is 0 Å². The summed E-state index contributed by atoms with van der Waals surface area (Å²) in [7, 11) is -2.22. The van der Waals surface area contributed by atoms with Crippen LogP contribution in [0.2, 0.25) is 0 Å². The second-order valence-corrected chi connectivity index (χ2v) is 9.84. The van der Waals surface area contributed by atoms with Gasteiger partial charge in [0.05, 0.1) is 10.8 Å². The molecule has 3 aromatic rings. The lowest BCUT2D eigenvalue weighted by Crippen LogP contribution is -2.31. The van der Waals surface area contributed by atoms with Gasteiger partial charge in [-0.25, -0.2) is 12.8 Å². The van der Waals surface area contributed by atoms with Crippen LogP contribution in [0.5, 0.6) is 0 Å². The Morgan fingerprint density at radius 1 is 1.09 bits per heavy atom. The number of hydrogen-bond donors (Lipinski definition) is 2. The van der Waals surface area contributed by atoms with Gasteiger partial charge >= 0.3 is 0 Å². The normalized spacial score (nSPS) is 15.6. The third-order valence-electron chi connectivity index (χ3n) is 5.45. The van der Waals surface area contributed by atoms with Gasteiger partial charge < -0.3 is 10.6 Å². The predicted molar refractivity (Wildman–Crippen MR) is 123 cm³/mol. The molecule has 7 nitrogen and oxygen atoms in total. The minimum absolute atomic E-state index is 0.0682. The Labute approximate surface area is 191 Å². The SMILES string of the molecule is CN(Cc1ccccc1)S(=O)(=O)c1ccc(NC(=O)[C@H]2CC(=O)Nc3cc(F)ccc32)cc1. The topological polar surface area (TPSA) is 95.6 Å². The maximum atomic E-state index is 13.5. The van der Waals surface area contributed by atoms with Crippen LogP contribution in [-0.2, 0) is 26.2 Å². The van der Waals surface area contributed by atoms with Crippen molar-refractivity contribution in [1.29, 1.82) is 0 Å². The standard InChI is InChI=1S/C24H22FN3O4S/c1-28(15-16-5-3-2-4-6-16)33(31,32)19-10-8-18(9-11-19)26-24(30)21-14-23(29)27-22-13-17(25)7-12-20(21)22/h2-13,21H,14-15H2,1H3,(H,26,30)(H,27,29)/t21-/m0/s1. The van der Waals surface area contributed by atoms with E-state index in [-0.39, 0.29) is 29.5 Å². The fraction of sp³-hybridized carbons (Fsp3) is 0.167. The molecule has 1 heterocycles. The van der Waals surface area contributed by atoms with Crippen LogP contribution in [0, 0.1) is 5.82 Å². The minimum Gasteiger partial charge on any atom is -0.326 e. The number of carbonyl (C=O) groups is 2. The summed E-state index contributed by atoms with van der Waals surface area (Å²) in [4.78, 5) is 24.9. The van der Waals surface area contributed by atoms with Crippen LogP contribution in [0.3, 0.4) is 0 Å². The van der Waals surface area contributed by atoms with Crippen molar-refractivity contribution in [2.24, 2.45) is 0 Å². The van der Waals surface area contributed by atoms with E-state index in [0.717, 1.165) is 5.56 Å².